The average molecular weight is 536 g/mol. The Kier molecular flexibility index (Phi) is 7.04. The van der Waals surface area contributed by atoms with E-state index in [1.807, 2.05) is 54.1 Å². The van der Waals surface area contributed by atoms with Crippen molar-refractivity contribution in [2.45, 2.75) is 26.4 Å². The van der Waals surface area contributed by atoms with Gasteiger partial charge in [0.25, 0.3) is 5.56 Å². The smallest absolute Gasteiger partial charge is 0.253 e. The summed E-state index contributed by atoms with van der Waals surface area (Å²) in [6.45, 7) is 7.81. The number of rotatable bonds is 7. The van der Waals surface area contributed by atoms with Gasteiger partial charge in [-0.15, -0.1) is 5.10 Å². The zero-order valence-corrected chi connectivity index (χ0v) is 23.0. The number of hydrogen-bond acceptors (Lipinski definition) is 7. The summed E-state index contributed by atoms with van der Waals surface area (Å²) in [5, 5.41) is 14.0. The molecule has 40 heavy (non-hydrogen) atoms. The maximum atomic E-state index is 13.7. The maximum absolute atomic E-state index is 13.7. The Hall–Kier alpha value is -4.50. The zero-order valence-electron chi connectivity index (χ0n) is 23.0. The molecule has 5 aromatic rings. The minimum atomic E-state index is -0.403. The van der Waals surface area contributed by atoms with Gasteiger partial charge in [0, 0.05) is 48.3 Å². The molecule has 0 bridgehead atoms. The van der Waals surface area contributed by atoms with Crippen LogP contribution in [-0.2, 0) is 6.54 Å². The molecule has 1 atom stereocenters. The lowest BCUT2D eigenvalue weighted by molar-refractivity contribution is 0.200. The number of pyridine rings is 1. The molecule has 0 unspecified atom stereocenters. The van der Waals surface area contributed by atoms with Gasteiger partial charge in [0.15, 0.2) is 5.82 Å². The Bertz CT molecular complexity index is 1670. The normalized spacial score (nSPS) is 14.9. The minimum Gasteiger partial charge on any atom is -0.497 e. The molecule has 204 valence electrons. The van der Waals surface area contributed by atoms with Gasteiger partial charge in [0.2, 0.25) is 0 Å². The molecular weight excluding hydrogens is 502 g/mol. The van der Waals surface area contributed by atoms with Crippen LogP contribution in [0.2, 0.25) is 0 Å². The fourth-order valence-electron chi connectivity index (χ4n) is 5.69. The Morgan fingerprint density at radius 3 is 2.42 bits per heavy atom. The molecule has 9 heteroatoms. The number of benzene rings is 3. The number of hydrogen-bond donors (Lipinski definition) is 1. The van der Waals surface area contributed by atoms with Crippen molar-refractivity contribution in [3.63, 3.8) is 0 Å². The van der Waals surface area contributed by atoms with E-state index in [4.69, 9.17) is 4.74 Å². The number of aromatic nitrogens is 5. The summed E-state index contributed by atoms with van der Waals surface area (Å²) in [4.78, 5) is 21.5. The summed E-state index contributed by atoms with van der Waals surface area (Å²) in [5.41, 5.74) is 5.86. The number of nitrogens with one attached hydrogen (secondary N) is 1. The van der Waals surface area contributed by atoms with Gasteiger partial charge in [0.05, 0.1) is 13.7 Å². The summed E-state index contributed by atoms with van der Waals surface area (Å²) in [6, 6.07) is 24.1. The van der Waals surface area contributed by atoms with Gasteiger partial charge >= 0.3 is 0 Å². The lowest BCUT2D eigenvalue weighted by Crippen LogP contribution is -2.49. The number of H-pyrrole nitrogens is 1. The highest BCUT2D eigenvalue weighted by Crippen LogP contribution is 2.30. The van der Waals surface area contributed by atoms with E-state index < -0.39 is 6.04 Å². The zero-order chi connectivity index (χ0) is 27.6. The van der Waals surface area contributed by atoms with Gasteiger partial charge in [-0.3, -0.25) is 9.69 Å². The minimum absolute atomic E-state index is 0.119. The van der Waals surface area contributed by atoms with E-state index in [0.29, 0.717) is 17.9 Å². The van der Waals surface area contributed by atoms with Crippen LogP contribution in [0.25, 0.3) is 10.9 Å². The molecule has 2 aromatic heterocycles. The average Bonchev–Trinajstić information content (AvgIpc) is 3.42. The highest BCUT2D eigenvalue weighted by molar-refractivity contribution is 5.83. The number of anilines is 1. The molecule has 0 saturated carbocycles. The van der Waals surface area contributed by atoms with E-state index in [0.717, 1.165) is 59.5 Å². The van der Waals surface area contributed by atoms with Crippen LogP contribution in [0.3, 0.4) is 0 Å². The molecule has 3 aromatic carbocycles. The number of methoxy groups -OCH3 is 1. The first-order valence-corrected chi connectivity index (χ1v) is 13.6. The molecule has 0 amide bonds. The number of piperazine rings is 1. The lowest BCUT2D eigenvalue weighted by atomic mass is 9.99. The van der Waals surface area contributed by atoms with Crippen molar-refractivity contribution in [1.82, 2.24) is 30.1 Å². The van der Waals surface area contributed by atoms with Gasteiger partial charge in [0.1, 0.15) is 11.8 Å². The first kappa shape index (κ1) is 25.8. The van der Waals surface area contributed by atoms with E-state index in [9.17, 15) is 4.79 Å². The number of nitrogens with zero attached hydrogens (tertiary/aromatic N) is 6. The molecule has 9 nitrogen and oxygen atoms in total. The molecule has 1 N–H and O–H groups in total. The van der Waals surface area contributed by atoms with Crippen molar-refractivity contribution in [3.8, 4) is 5.75 Å². The lowest BCUT2D eigenvalue weighted by Gasteiger charge is -2.39. The van der Waals surface area contributed by atoms with Gasteiger partial charge in [-0.2, -0.15) is 0 Å². The number of aromatic amines is 1. The molecule has 1 aliphatic rings. The predicted octanol–water partition coefficient (Wildman–Crippen LogP) is 4.10. The van der Waals surface area contributed by atoms with Crippen LogP contribution >= 0.6 is 0 Å². The summed E-state index contributed by atoms with van der Waals surface area (Å²) in [7, 11) is 1.65. The largest absolute Gasteiger partial charge is 0.497 e. The second kappa shape index (κ2) is 10.9. The van der Waals surface area contributed by atoms with Crippen LogP contribution < -0.4 is 15.2 Å². The van der Waals surface area contributed by atoms with Crippen molar-refractivity contribution >= 4 is 16.6 Å². The fraction of sp³-hybridized carbons (Fsp3) is 0.290. The van der Waals surface area contributed by atoms with Crippen LogP contribution in [0.4, 0.5) is 5.69 Å². The summed E-state index contributed by atoms with van der Waals surface area (Å²) < 4.78 is 7.12. The Morgan fingerprint density at radius 2 is 1.70 bits per heavy atom. The molecule has 0 aliphatic carbocycles. The van der Waals surface area contributed by atoms with Crippen LogP contribution in [-0.4, -0.2) is 63.4 Å². The quantitative estimate of drug-likeness (QED) is 0.336. The molecule has 3 heterocycles. The van der Waals surface area contributed by atoms with Crippen molar-refractivity contribution in [1.29, 1.82) is 0 Å². The van der Waals surface area contributed by atoms with Gasteiger partial charge in [-0.25, -0.2) is 4.68 Å². The van der Waals surface area contributed by atoms with Crippen molar-refractivity contribution in [2.75, 3.05) is 38.2 Å². The second-order valence-electron chi connectivity index (χ2n) is 10.4. The van der Waals surface area contributed by atoms with Crippen LogP contribution in [0.5, 0.6) is 5.75 Å². The maximum Gasteiger partial charge on any atom is 0.253 e. The molecule has 0 spiro atoms. The van der Waals surface area contributed by atoms with Crippen LogP contribution in [0, 0.1) is 13.8 Å². The molecule has 1 aliphatic heterocycles. The van der Waals surface area contributed by atoms with Crippen molar-refractivity contribution in [3.05, 3.63) is 111 Å². The highest BCUT2D eigenvalue weighted by atomic mass is 16.5. The van der Waals surface area contributed by atoms with Gasteiger partial charge < -0.3 is 14.6 Å². The first-order chi connectivity index (χ1) is 19.5. The third kappa shape index (κ3) is 5.08. The summed E-state index contributed by atoms with van der Waals surface area (Å²) in [5.74, 6) is 1.45. The molecule has 1 fully saturated rings. The summed E-state index contributed by atoms with van der Waals surface area (Å²) >= 11 is 0. The standard InChI is InChI=1S/C31H33N7O2/c1-21-17-22(2)26-19-27(31(39)32-28(26)18-21)29(37-15-13-36(14-16-37)24-7-5-4-6-8-24)30-33-34-35-38(30)20-23-9-11-25(40-3)12-10-23/h4-12,17-19,29H,13-16,20H2,1-3H3,(H,32,39)/t29-/m0/s1. The fourth-order valence-corrected chi connectivity index (χ4v) is 5.69. The highest BCUT2D eigenvalue weighted by Gasteiger charge is 2.33. The molecule has 1 saturated heterocycles. The SMILES string of the molecule is COc1ccc(Cn2nnnc2[C@H](c2cc3c(C)cc(C)cc3[nH]c2=O)N2CCN(c3ccccc3)CC2)cc1. The third-order valence-corrected chi connectivity index (χ3v) is 7.73. The Labute approximate surface area is 233 Å². The Morgan fingerprint density at radius 1 is 0.950 bits per heavy atom. The first-order valence-electron chi connectivity index (χ1n) is 13.6. The van der Waals surface area contributed by atoms with E-state index >= 15 is 0 Å². The number of fused-ring (bicyclic) bond motifs is 1. The molecular formula is C31H33N7O2. The molecule has 0 radical (unpaired) electrons. The Balaban J connectivity index is 1.40. The van der Waals surface area contributed by atoms with E-state index in [-0.39, 0.29) is 5.56 Å². The topological polar surface area (TPSA) is 92.2 Å². The van der Waals surface area contributed by atoms with E-state index in [1.54, 1.807) is 7.11 Å². The van der Waals surface area contributed by atoms with Crippen molar-refractivity contribution < 1.29 is 4.74 Å². The monoisotopic (exact) mass is 535 g/mol. The predicted molar refractivity (Wildman–Crippen MR) is 156 cm³/mol. The van der Waals surface area contributed by atoms with Gasteiger partial charge in [-0.1, -0.05) is 36.4 Å². The number of tetrazole rings is 1. The number of aryl methyl sites for hydroxylation is 2. The van der Waals surface area contributed by atoms with Crippen LogP contribution in [0.1, 0.15) is 34.1 Å². The third-order valence-electron chi connectivity index (χ3n) is 7.73. The van der Waals surface area contributed by atoms with Crippen molar-refractivity contribution in [2.24, 2.45) is 0 Å². The number of para-hydroxylation sites is 1. The van der Waals surface area contributed by atoms with E-state index in [2.05, 4.69) is 67.6 Å². The van der Waals surface area contributed by atoms with E-state index in [1.165, 1.54) is 5.69 Å². The van der Waals surface area contributed by atoms with Crippen LogP contribution in [0.15, 0.2) is 77.6 Å². The summed E-state index contributed by atoms with van der Waals surface area (Å²) in [6.07, 6.45) is 0. The van der Waals surface area contributed by atoms with Gasteiger partial charge in [-0.05, 0) is 77.4 Å². The molecule has 6 rings (SSSR count). The second-order valence-corrected chi connectivity index (χ2v) is 10.4. The number of ether oxygens (including phenoxy) is 1.